The second kappa shape index (κ2) is 7.24. The SMILES string of the molecule is CCNCCS(=O)(=O)N(C)C(C)c1ccc(Cl)cc1. The van der Waals surface area contributed by atoms with Crippen molar-refractivity contribution in [3.8, 4) is 0 Å². The number of rotatable bonds is 7. The molecule has 1 aromatic rings. The van der Waals surface area contributed by atoms with E-state index in [2.05, 4.69) is 5.32 Å². The maximum Gasteiger partial charge on any atom is 0.215 e. The molecule has 1 N–H and O–H groups in total. The molecule has 1 atom stereocenters. The molecule has 0 radical (unpaired) electrons. The fourth-order valence-corrected chi connectivity index (χ4v) is 3.13. The van der Waals surface area contributed by atoms with Crippen molar-refractivity contribution in [1.29, 1.82) is 0 Å². The molecular formula is C13H21ClN2O2S. The Bertz CT molecular complexity index is 488. The predicted octanol–water partition coefficient (Wildman–Crippen LogP) is 2.27. The van der Waals surface area contributed by atoms with Crippen molar-refractivity contribution in [2.75, 3.05) is 25.9 Å². The molecular weight excluding hydrogens is 284 g/mol. The summed E-state index contributed by atoms with van der Waals surface area (Å²) >= 11 is 5.83. The van der Waals surface area contributed by atoms with Crippen molar-refractivity contribution in [2.45, 2.75) is 19.9 Å². The zero-order chi connectivity index (χ0) is 14.5. The van der Waals surface area contributed by atoms with E-state index in [-0.39, 0.29) is 11.8 Å². The molecule has 0 amide bonds. The van der Waals surface area contributed by atoms with Gasteiger partial charge >= 0.3 is 0 Å². The van der Waals surface area contributed by atoms with E-state index in [4.69, 9.17) is 11.6 Å². The third kappa shape index (κ3) is 4.76. The minimum Gasteiger partial charge on any atom is -0.316 e. The summed E-state index contributed by atoms with van der Waals surface area (Å²) in [5.41, 5.74) is 0.930. The quantitative estimate of drug-likeness (QED) is 0.786. The first-order valence-electron chi connectivity index (χ1n) is 6.30. The number of hydrogen-bond acceptors (Lipinski definition) is 3. The molecule has 0 aliphatic carbocycles. The smallest absolute Gasteiger partial charge is 0.215 e. The number of benzene rings is 1. The first-order valence-corrected chi connectivity index (χ1v) is 8.29. The van der Waals surface area contributed by atoms with Crippen LogP contribution in [0.15, 0.2) is 24.3 Å². The molecule has 4 nitrogen and oxygen atoms in total. The topological polar surface area (TPSA) is 49.4 Å². The van der Waals surface area contributed by atoms with E-state index >= 15 is 0 Å². The second-order valence-corrected chi connectivity index (χ2v) is 7.00. The van der Waals surface area contributed by atoms with Crippen LogP contribution in [0, 0.1) is 0 Å². The van der Waals surface area contributed by atoms with Gasteiger partial charge in [0.1, 0.15) is 0 Å². The number of halogens is 1. The highest BCUT2D eigenvalue weighted by atomic mass is 35.5. The zero-order valence-corrected chi connectivity index (χ0v) is 13.1. The van der Waals surface area contributed by atoms with E-state index in [1.807, 2.05) is 26.0 Å². The van der Waals surface area contributed by atoms with Crippen LogP contribution in [0.1, 0.15) is 25.5 Å². The van der Waals surface area contributed by atoms with Crippen LogP contribution in [-0.4, -0.2) is 38.6 Å². The summed E-state index contributed by atoms with van der Waals surface area (Å²) < 4.78 is 25.7. The average molecular weight is 305 g/mol. The van der Waals surface area contributed by atoms with Crippen LogP contribution >= 0.6 is 11.6 Å². The van der Waals surface area contributed by atoms with Crippen molar-refractivity contribution in [3.05, 3.63) is 34.9 Å². The second-order valence-electron chi connectivity index (χ2n) is 4.41. The summed E-state index contributed by atoms with van der Waals surface area (Å²) in [4.78, 5) is 0. The Morgan fingerprint density at radius 1 is 1.32 bits per heavy atom. The average Bonchev–Trinajstić information content (AvgIpc) is 2.38. The highest BCUT2D eigenvalue weighted by Crippen LogP contribution is 2.23. The van der Waals surface area contributed by atoms with E-state index in [1.165, 1.54) is 4.31 Å². The van der Waals surface area contributed by atoms with Gasteiger partial charge in [0.2, 0.25) is 10.0 Å². The first-order chi connectivity index (χ1) is 8.88. The molecule has 19 heavy (non-hydrogen) atoms. The molecule has 1 rings (SSSR count). The molecule has 0 fully saturated rings. The summed E-state index contributed by atoms with van der Waals surface area (Å²) in [6.45, 7) is 5.06. The van der Waals surface area contributed by atoms with Gasteiger partial charge in [-0.25, -0.2) is 8.42 Å². The molecule has 0 spiro atoms. The van der Waals surface area contributed by atoms with Crippen molar-refractivity contribution < 1.29 is 8.42 Å². The standard InChI is InChI=1S/C13H21ClN2O2S/c1-4-15-9-10-19(17,18)16(3)11(2)12-5-7-13(14)8-6-12/h5-8,11,15H,4,9-10H2,1-3H3. The lowest BCUT2D eigenvalue weighted by atomic mass is 10.1. The summed E-state index contributed by atoms with van der Waals surface area (Å²) in [5, 5.41) is 3.67. The molecule has 108 valence electrons. The Hall–Kier alpha value is -0.620. The Morgan fingerprint density at radius 2 is 1.89 bits per heavy atom. The van der Waals surface area contributed by atoms with E-state index in [1.54, 1.807) is 19.2 Å². The molecule has 0 heterocycles. The van der Waals surface area contributed by atoms with Gasteiger partial charge in [-0.3, -0.25) is 0 Å². The molecule has 6 heteroatoms. The minimum absolute atomic E-state index is 0.106. The van der Waals surface area contributed by atoms with Crippen LogP contribution in [0.2, 0.25) is 5.02 Å². The van der Waals surface area contributed by atoms with Gasteiger partial charge in [0.15, 0.2) is 0 Å². The van der Waals surface area contributed by atoms with Gasteiger partial charge in [0.05, 0.1) is 5.75 Å². The predicted molar refractivity (Wildman–Crippen MR) is 80.0 cm³/mol. The lowest BCUT2D eigenvalue weighted by molar-refractivity contribution is 0.398. The molecule has 1 unspecified atom stereocenters. The van der Waals surface area contributed by atoms with Crippen LogP contribution in [0.3, 0.4) is 0 Å². The molecule has 0 saturated carbocycles. The highest BCUT2D eigenvalue weighted by Gasteiger charge is 2.23. The van der Waals surface area contributed by atoms with Crippen LogP contribution in [0.4, 0.5) is 0 Å². The highest BCUT2D eigenvalue weighted by molar-refractivity contribution is 7.89. The Balaban J connectivity index is 2.75. The Kier molecular flexibility index (Phi) is 6.26. The molecule has 0 aliphatic heterocycles. The van der Waals surface area contributed by atoms with E-state index < -0.39 is 10.0 Å². The van der Waals surface area contributed by atoms with Crippen LogP contribution in [0.5, 0.6) is 0 Å². The van der Waals surface area contributed by atoms with Gasteiger partial charge in [0, 0.05) is 24.7 Å². The van der Waals surface area contributed by atoms with Gasteiger partial charge in [-0.2, -0.15) is 4.31 Å². The summed E-state index contributed by atoms with van der Waals surface area (Å²) in [5.74, 6) is 0.106. The number of nitrogens with one attached hydrogen (secondary N) is 1. The minimum atomic E-state index is -3.25. The fourth-order valence-electron chi connectivity index (χ4n) is 1.71. The van der Waals surface area contributed by atoms with Crippen molar-refractivity contribution in [2.24, 2.45) is 0 Å². The summed E-state index contributed by atoms with van der Waals surface area (Å²) in [6, 6.07) is 7.04. The van der Waals surface area contributed by atoms with Crippen molar-refractivity contribution >= 4 is 21.6 Å². The monoisotopic (exact) mass is 304 g/mol. The fraction of sp³-hybridized carbons (Fsp3) is 0.538. The number of hydrogen-bond donors (Lipinski definition) is 1. The summed E-state index contributed by atoms with van der Waals surface area (Å²) in [6.07, 6.45) is 0. The maximum atomic E-state index is 12.1. The van der Waals surface area contributed by atoms with Gasteiger partial charge in [-0.1, -0.05) is 30.7 Å². The Labute approximate surface area is 120 Å². The van der Waals surface area contributed by atoms with Crippen LogP contribution in [0.25, 0.3) is 0 Å². The van der Waals surface area contributed by atoms with Crippen LogP contribution in [-0.2, 0) is 10.0 Å². The molecule has 0 saturated heterocycles. The first kappa shape index (κ1) is 16.4. The van der Waals surface area contributed by atoms with E-state index in [0.717, 1.165) is 12.1 Å². The maximum absolute atomic E-state index is 12.1. The third-order valence-corrected chi connectivity index (χ3v) is 5.29. The van der Waals surface area contributed by atoms with Gasteiger partial charge < -0.3 is 5.32 Å². The third-order valence-electron chi connectivity index (χ3n) is 3.12. The van der Waals surface area contributed by atoms with Crippen LogP contribution < -0.4 is 5.32 Å². The normalized spacial score (nSPS) is 13.7. The van der Waals surface area contributed by atoms with Crippen molar-refractivity contribution in [3.63, 3.8) is 0 Å². The molecule has 1 aromatic carbocycles. The zero-order valence-electron chi connectivity index (χ0n) is 11.6. The largest absolute Gasteiger partial charge is 0.316 e. The molecule has 0 aliphatic rings. The van der Waals surface area contributed by atoms with Gasteiger partial charge in [-0.15, -0.1) is 0 Å². The molecule has 0 aromatic heterocycles. The Morgan fingerprint density at radius 3 is 2.42 bits per heavy atom. The van der Waals surface area contributed by atoms with E-state index in [9.17, 15) is 8.42 Å². The number of sulfonamides is 1. The van der Waals surface area contributed by atoms with E-state index in [0.29, 0.717) is 11.6 Å². The lowest BCUT2D eigenvalue weighted by Crippen LogP contribution is -2.35. The van der Waals surface area contributed by atoms with Crippen molar-refractivity contribution in [1.82, 2.24) is 9.62 Å². The van der Waals surface area contributed by atoms with Gasteiger partial charge in [-0.05, 0) is 31.2 Å². The lowest BCUT2D eigenvalue weighted by Gasteiger charge is -2.24. The number of nitrogens with zero attached hydrogens (tertiary/aromatic N) is 1. The van der Waals surface area contributed by atoms with Gasteiger partial charge in [0.25, 0.3) is 0 Å². The molecule has 0 bridgehead atoms. The summed E-state index contributed by atoms with van der Waals surface area (Å²) in [7, 11) is -1.64.